The Kier molecular flexibility index (Phi) is 5.80. The lowest BCUT2D eigenvalue weighted by Crippen LogP contribution is -2.26. The summed E-state index contributed by atoms with van der Waals surface area (Å²) < 4.78 is 1.99. The molecule has 0 bridgehead atoms. The Morgan fingerprint density at radius 1 is 1.24 bits per heavy atom. The van der Waals surface area contributed by atoms with Crippen molar-refractivity contribution in [3.8, 4) is 0 Å². The van der Waals surface area contributed by atoms with E-state index in [0.29, 0.717) is 5.92 Å². The fraction of sp³-hybridized carbons (Fsp3) is 0.600. The van der Waals surface area contributed by atoms with Gasteiger partial charge < -0.3 is 5.32 Å². The van der Waals surface area contributed by atoms with Gasteiger partial charge in [0, 0.05) is 19.2 Å². The van der Waals surface area contributed by atoms with Gasteiger partial charge in [-0.25, -0.2) is 19.6 Å². The highest BCUT2D eigenvalue weighted by Gasteiger charge is 2.16. The largest absolute Gasteiger partial charge is 0.308 e. The first-order valence-electron chi connectivity index (χ1n) is 7.56. The number of nitrogens with one attached hydrogen (secondary N) is 1. The molecule has 0 spiro atoms. The van der Waals surface area contributed by atoms with Gasteiger partial charge in [-0.3, -0.25) is 0 Å². The summed E-state index contributed by atoms with van der Waals surface area (Å²) in [6, 6.07) is 2.10. The zero-order chi connectivity index (χ0) is 15.1. The molecule has 0 fully saturated rings. The second kappa shape index (κ2) is 7.83. The number of hydrogen-bond acceptors (Lipinski definition) is 5. The molecule has 0 aliphatic carbocycles. The third-order valence-corrected chi connectivity index (χ3v) is 3.22. The Morgan fingerprint density at radius 3 is 2.76 bits per heavy atom. The summed E-state index contributed by atoms with van der Waals surface area (Å²) in [4.78, 5) is 12.8. The third kappa shape index (κ3) is 4.60. The highest BCUT2D eigenvalue weighted by molar-refractivity contribution is 5.08. The van der Waals surface area contributed by atoms with Gasteiger partial charge in [0.2, 0.25) is 0 Å². The highest BCUT2D eigenvalue weighted by Crippen LogP contribution is 2.15. The molecule has 21 heavy (non-hydrogen) atoms. The molecule has 114 valence electrons. The van der Waals surface area contributed by atoms with Crippen molar-refractivity contribution in [1.29, 1.82) is 0 Å². The van der Waals surface area contributed by atoms with Gasteiger partial charge in [0.1, 0.15) is 18.5 Å². The topological polar surface area (TPSA) is 68.5 Å². The predicted octanol–water partition coefficient (Wildman–Crippen LogP) is 2.01. The van der Waals surface area contributed by atoms with Crippen LogP contribution in [0.1, 0.15) is 44.8 Å². The quantitative estimate of drug-likeness (QED) is 0.804. The standard InChI is InChI=1S/C15H24N6/c1-4-6-17-14(13-5-7-16-10-18-13)8-15-19-11-20-21(15)9-12(2)3/h5,7,10-12,14,17H,4,6,8-9H2,1-3H3. The molecule has 1 N–H and O–H groups in total. The molecule has 2 aromatic rings. The first-order chi connectivity index (χ1) is 10.2. The van der Waals surface area contributed by atoms with E-state index >= 15 is 0 Å². The summed E-state index contributed by atoms with van der Waals surface area (Å²) in [5.74, 6) is 1.54. The molecule has 6 nitrogen and oxygen atoms in total. The maximum absolute atomic E-state index is 4.41. The molecule has 0 aromatic carbocycles. The SMILES string of the molecule is CCCNC(Cc1ncnn1CC(C)C)c1ccncn1. The summed E-state index contributed by atoms with van der Waals surface area (Å²) in [5.41, 5.74) is 0.998. The summed E-state index contributed by atoms with van der Waals surface area (Å²) in [6.07, 6.45) is 6.87. The molecule has 0 radical (unpaired) electrons. The van der Waals surface area contributed by atoms with Crippen molar-refractivity contribution in [3.63, 3.8) is 0 Å². The smallest absolute Gasteiger partial charge is 0.138 e. The average Bonchev–Trinajstić information content (AvgIpc) is 2.90. The van der Waals surface area contributed by atoms with Crippen molar-refractivity contribution in [2.24, 2.45) is 5.92 Å². The first kappa shape index (κ1) is 15.6. The van der Waals surface area contributed by atoms with E-state index in [1.165, 1.54) is 0 Å². The van der Waals surface area contributed by atoms with Crippen LogP contribution in [0.25, 0.3) is 0 Å². The van der Waals surface area contributed by atoms with Crippen LogP contribution in [0.4, 0.5) is 0 Å². The molecule has 2 rings (SSSR count). The van der Waals surface area contributed by atoms with Gasteiger partial charge in [-0.15, -0.1) is 0 Å². The van der Waals surface area contributed by atoms with Gasteiger partial charge in [0.15, 0.2) is 0 Å². The number of hydrogen-bond donors (Lipinski definition) is 1. The lowest BCUT2D eigenvalue weighted by Gasteiger charge is -2.18. The van der Waals surface area contributed by atoms with Gasteiger partial charge >= 0.3 is 0 Å². The van der Waals surface area contributed by atoms with Crippen LogP contribution < -0.4 is 5.32 Å². The molecular formula is C15H24N6. The molecule has 0 saturated heterocycles. The number of nitrogens with zero attached hydrogens (tertiary/aromatic N) is 5. The van der Waals surface area contributed by atoms with Crippen molar-refractivity contribution in [1.82, 2.24) is 30.0 Å². The third-order valence-electron chi connectivity index (χ3n) is 3.22. The molecule has 2 aromatic heterocycles. The van der Waals surface area contributed by atoms with Crippen LogP contribution >= 0.6 is 0 Å². The number of aromatic nitrogens is 5. The Bertz CT molecular complexity index is 522. The van der Waals surface area contributed by atoms with E-state index in [-0.39, 0.29) is 6.04 Å². The summed E-state index contributed by atoms with van der Waals surface area (Å²) >= 11 is 0. The van der Waals surface area contributed by atoms with E-state index in [4.69, 9.17) is 0 Å². The van der Waals surface area contributed by atoms with E-state index in [2.05, 4.69) is 46.1 Å². The van der Waals surface area contributed by atoms with Crippen LogP contribution in [0.2, 0.25) is 0 Å². The van der Waals surface area contributed by atoms with Crippen LogP contribution in [-0.2, 0) is 13.0 Å². The molecule has 0 amide bonds. The fourth-order valence-corrected chi connectivity index (χ4v) is 2.23. The van der Waals surface area contributed by atoms with Crippen LogP contribution in [0, 0.1) is 5.92 Å². The minimum absolute atomic E-state index is 0.142. The maximum Gasteiger partial charge on any atom is 0.138 e. The average molecular weight is 288 g/mol. The van der Waals surface area contributed by atoms with Crippen molar-refractivity contribution < 1.29 is 0 Å². The minimum atomic E-state index is 0.142. The van der Waals surface area contributed by atoms with Gasteiger partial charge in [0.05, 0.1) is 11.7 Å². The lowest BCUT2D eigenvalue weighted by molar-refractivity contribution is 0.441. The van der Waals surface area contributed by atoms with E-state index in [0.717, 1.165) is 37.4 Å². The molecule has 0 saturated carbocycles. The van der Waals surface area contributed by atoms with Gasteiger partial charge in [-0.2, -0.15) is 5.10 Å². The Hall–Kier alpha value is -1.82. The second-order valence-corrected chi connectivity index (χ2v) is 5.60. The molecule has 1 atom stereocenters. The fourth-order valence-electron chi connectivity index (χ4n) is 2.23. The van der Waals surface area contributed by atoms with Crippen LogP contribution in [0.15, 0.2) is 24.9 Å². The van der Waals surface area contributed by atoms with Gasteiger partial charge in [0.25, 0.3) is 0 Å². The second-order valence-electron chi connectivity index (χ2n) is 5.60. The van der Waals surface area contributed by atoms with Crippen molar-refractivity contribution in [2.75, 3.05) is 6.54 Å². The highest BCUT2D eigenvalue weighted by atomic mass is 15.3. The predicted molar refractivity (Wildman–Crippen MR) is 81.6 cm³/mol. The zero-order valence-electron chi connectivity index (χ0n) is 13.0. The van der Waals surface area contributed by atoms with Crippen molar-refractivity contribution >= 4 is 0 Å². The molecule has 0 aliphatic heterocycles. The van der Waals surface area contributed by atoms with E-state index in [1.54, 1.807) is 18.9 Å². The Balaban J connectivity index is 2.13. The van der Waals surface area contributed by atoms with Crippen LogP contribution in [-0.4, -0.2) is 31.3 Å². The van der Waals surface area contributed by atoms with Crippen LogP contribution in [0.5, 0.6) is 0 Å². The Morgan fingerprint density at radius 2 is 2.10 bits per heavy atom. The van der Waals surface area contributed by atoms with Crippen LogP contribution in [0.3, 0.4) is 0 Å². The van der Waals surface area contributed by atoms with Crippen molar-refractivity contribution in [3.05, 3.63) is 36.4 Å². The van der Waals surface area contributed by atoms with Crippen molar-refractivity contribution in [2.45, 2.75) is 46.2 Å². The minimum Gasteiger partial charge on any atom is -0.308 e. The molecule has 2 heterocycles. The molecule has 6 heteroatoms. The summed E-state index contributed by atoms with van der Waals surface area (Å²) in [6.45, 7) is 8.36. The van der Waals surface area contributed by atoms with E-state index in [1.807, 2.05) is 10.7 Å². The molecular weight excluding hydrogens is 264 g/mol. The monoisotopic (exact) mass is 288 g/mol. The molecule has 1 unspecified atom stereocenters. The summed E-state index contributed by atoms with van der Waals surface area (Å²) in [7, 11) is 0. The van der Waals surface area contributed by atoms with E-state index in [9.17, 15) is 0 Å². The summed E-state index contributed by atoms with van der Waals surface area (Å²) in [5, 5.41) is 7.86. The molecule has 0 aliphatic rings. The lowest BCUT2D eigenvalue weighted by atomic mass is 10.1. The normalized spacial score (nSPS) is 12.8. The Labute approximate surface area is 126 Å². The van der Waals surface area contributed by atoms with Gasteiger partial charge in [-0.05, 0) is 24.9 Å². The van der Waals surface area contributed by atoms with Gasteiger partial charge in [-0.1, -0.05) is 20.8 Å². The number of rotatable bonds is 8. The maximum atomic E-state index is 4.41. The van der Waals surface area contributed by atoms with E-state index < -0.39 is 0 Å². The first-order valence-corrected chi connectivity index (χ1v) is 7.56. The zero-order valence-corrected chi connectivity index (χ0v) is 13.0.